The first-order chi connectivity index (χ1) is 8.74. The lowest BCUT2D eigenvalue weighted by Crippen LogP contribution is -2.45. The molecule has 1 unspecified atom stereocenters. The molecular formula is C15H23NO3. The minimum Gasteiger partial charge on any atom is -0.493 e. The molecule has 1 rings (SSSR count). The molecule has 0 saturated carbocycles. The van der Waals surface area contributed by atoms with E-state index in [4.69, 9.17) is 15.6 Å². The first-order valence-corrected chi connectivity index (χ1v) is 6.49. The van der Waals surface area contributed by atoms with E-state index in [1.807, 2.05) is 19.1 Å². The molecule has 0 aliphatic rings. The standard InChI is InChI=1S/C15H23NO3/c1-10(2)12-6-5-11(3)13(9-12)19-8-7-15(4,16)14(17)18/h5-6,9-10H,7-8,16H2,1-4H3,(H,17,18). The molecule has 106 valence electrons. The van der Waals surface area contributed by atoms with Crippen molar-refractivity contribution in [1.29, 1.82) is 0 Å². The number of aryl methyl sites for hydroxylation is 1. The van der Waals surface area contributed by atoms with Crippen molar-refractivity contribution >= 4 is 5.97 Å². The van der Waals surface area contributed by atoms with E-state index in [0.29, 0.717) is 12.5 Å². The molecule has 0 spiro atoms. The number of rotatable bonds is 6. The van der Waals surface area contributed by atoms with E-state index >= 15 is 0 Å². The first-order valence-electron chi connectivity index (χ1n) is 6.49. The Morgan fingerprint density at radius 2 is 2.11 bits per heavy atom. The van der Waals surface area contributed by atoms with Gasteiger partial charge in [-0.15, -0.1) is 0 Å². The summed E-state index contributed by atoms with van der Waals surface area (Å²) in [5.41, 5.74) is 6.66. The predicted molar refractivity (Wildman–Crippen MR) is 75.6 cm³/mol. The maximum Gasteiger partial charge on any atom is 0.323 e. The first kappa shape index (κ1) is 15.5. The van der Waals surface area contributed by atoms with Crippen LogP contribution >= 0.6 is 0 Å². The number of carboxylic acids is 1. The number of benzene rings is 1. The Morgan fingerprint density at radius 1 is 1.47 bits per heavy atom. The molecule has 1 aromatic rings. The van der Waals surface area contributed by atoms with Gasteiger partial charge < -0.3 is 15.6 Å². The Balaban J connectivity index is 2.68. The summed E-state index contributed by atoms with van der Waals surface area (Å²) in [6, 6.07) is 6.11. The van der Waals surface area contributed by atoms with Crippen LogP contribution in [0.5, 0.6) is 5.75 Å². The van der Waals surface area contributed by atoms with Crippen LogP contribution in [0.25, 0.3) is 0 Å². The zero-order valence-electron chi connectivity index (χ0n) is 12.1. The maximum atomic E-state index is 10.9. The summed E-state index contributed by atoms with van der Waals surface area (Å²) >= 11 is 0. The number of hydrogen-bond donors (Lipinski definition) is 2. The fraction of sp³-hybridized carbons (Fsp3) is 0.533. The average molecular weight is 265 g/mol. The summed E-state index contributed by atoms with van der Waals surface area (Å²) in [5, 5.41) is 8.93. The van der Waals surface area contributed by atoms with Gasteiger partial charge in [0.25, 0.3) is 0 Å². The monoisotopic (exact) mass is 265 g/mol. The highest BCUT2D eigenvalue weighted by molar-refractivity contribution is 5.77. The SMILES string of the molecule is Cc1ccc(C(C)C)cc1OCCC(C)(N)C(=O)O. The van der Waals surface area contributed by atoms with Gasteiger partial charge in [0, 0.05) is 6.42 Å². The van der Waals surface area contributed by atoms with Crippen LogP contribution in [0, 0.1) is 6.92 Å². The topological polar surface area (TPSA) is 72.5 Å². The quantitative estimate of drug-likeness (QED) is 0.829. The molecule has 0 amide bonds. The third kappa shape index (κ3) is 4.24. The van der Waals surface area contributed by atoms with Crippen molar-refractivity contribution in [2.24, 2.45) is 5.73 Å². The van der Waals surface area contributed by atoms with Crippen LogP contribution in [0.15, 0.2) is 18.2 Å². The second-order valence-corrected chi connectivity index (χ2v) is 5.50. The van der Waals surface area contributed by atoms with Gasteiger partial charge in [0.15, 0.2) is 0 Å². The second kappa shape index (κ2) is 6.06. The maximum absolute atomic E-state index is 10.9. The van der Waals surface area contributed by atoms with Gasteiger partial charge >= 0.3 is 5.97 Å². The fourth-order valence-corrected chi connectivity index (χ4v) is 1.61. The van der Waals surface area contributed by atoms with E-state index in [2.05, 4.69) is 19.9 Å². The number of carboxylic acid groups (broad SMARTS) is 1. The smallest absolute Gasteiger partial charge is 0.323 e. The third-order valence-electron chi connectivity index (χ3n) is 3.25. The van der Waals surface area contributed by atoms with Crippen molar-refractivity contribution in [3.63, 3.8) is 0 Å². The third-order valence-corrected chi connectivity index (χ3v) is 3.25. The van der Waals surface area contributed by atoms with Crippen molar-refractivity contribution in [2.45, 2.75) is 45.6 Å². The molecule has 1 atom stereocenters. The van der Waals surface area contributed by atoms with Crippen LogP contribution in [0.1, 0.15) is 44.2 Å². The van der Waals surface area contributed by atoms with Crippen molar-refractivity contribution < 1.29 is 14.6 Å². The minimum atomic E-state index is -1.25. The summed E-state index contributed by atoms with van der Waals surface area (Å²) in [5.74, 6) is 0.220. The van der Waals surface area contributed by atoms with E-state index in [1.54, 1.807) is 0 Å². The van der Waals surface area contributed by atoms with Gasteiger partial charge in [0.05, 0.1) is 6.61 Å². The molecule has 0 aliphatic heterocycles. The van der Waals surface area contributed by atoms with Gasteiger partial charge in [-0.1, -0.05) is 26.0 Å². The predicted octanol–water partition coefficient (Wildman–Crippen LogP) is 2.69. The normalized spacial score (nSPS) is 14.2. The number of aliphatic carboxylic acids is 1. The van der Waals surface area contributed by atoms with E-state index in [-0.39, 0.29) is 6.42 Å². The van der Waals surface area contributed by atoms with Crippen LogP contribution in [-0.2, 0) is 4.79 Å². The lowest BCUT2D eigenvalue weighted by molar-refractivity contribution is -0.143. The number of ether oxygens (including phenoxy) is 1. The molecule has 0 aromatic heterocycles. The van der Waals surface area contributed by atoms with E-state index in [1.165, 1.54) is 12.5 Å². The molecule has 3 N–H and O–H groups in total. The number of carbonyl (C=O) groups is 1. The van der Waals surface area contributed by atoms with Crippen molar-refractivity contribution in [2.75, 3.05) is 6.61 Å². The van der Waals surface area contributed by atoms with Gasteiger partial charge in [-0.3, -0.25) is 4.79 Å². The van der Waals surface area contributed by atoms with Gasteiger partial charge in [0.2, 0.25) is 0 Å². The molecule has 0 fully saturated rings. The largest absolute Gasteiger partial charge is 0.493 e. The van der Waals surface area contributed by atoms with Crippen LogP contribution in [0.2, 0.25) is 0 Å². The molecule has 0 saturated heterocycles. The molecule has 19 heavy (non-hydrogen) atoms. The lowest BCUT2D eigenvalue weighted by atomic mass is 10.00. The summed E-state index contributed by atoms with van der Waals surface area (Å²) in [6.45, 7) is 8.00. The highest BCUT2D eigenvalue weighted by Crippen LogP contribution is 2.24. The molecule has 0 aliphatic carbocycles. The molecule has 4 nitrogen and oxygen atoms in total. The summed E-state index contributed by atoms with van der Waals surface area (Å²) in [4.78, 5) is 10.9. The van der Waals surface area contributed by atoms with E-state index in [0.717, 1.165) is 11.3 Å². The molecule has 4 heteroatoms. The summed E-state index contributed by atoms with van der Waals surface area (Å²) in [7, 11) is 0. The molecule has 0 heterocycles. The number of nitrogens with two attached hydrogens (primary N) is 1. The van der Waals surface area contributed by atoms with Crippen molar-refractivity contribution in [1.82, 2.24) is 0 Å². The summed E-state index contributed by atoms with van der Waals surface area (Å²) in [6.07, 6.45) is 0.272. The Kier molecular flexibility index (Phi) is 4.95. The zero-order valence-corrected chi connectivity index (χ0v) is 12.1. The van der Waals surface area contributed by atoms with Crippen molar-refractivity contribution in [3.8, 4) is 5.75 Å². The molecule has 0 radical (unpaired) electrons. The molecule has 0 bridgehead atoms. The molecule has 1 aromatic carbocycles. The fourth-order valence-electron chi connectivity index (χ4n) is 1.61. The Morgan fingerprint density at radius 3 is 2.63 bits per heavy atom. The Bertz CT molecular complexity index is 453. The van der Waals surface area contributed by atoms with Crippen LogP contribution < -0.4 is 10.5 Å². The van der Waals surface area contributed by atoms with E-state index in [9.17, 15) is 4.79 Å². The Hall–Kier alpha value is -1.55. The molecular weight excluding hydrogens is 242 g/mol. The van der Waals surface area contributed by atoms with Gasteiger partial charge in [-0.25, -0.2) is 0 Å². The van der Waals surface area contributed by atoms with Crippen molar-refractivity contribution in [3.05, 3.63) is 29.3 Å². The van der Waals surface area contributed by atoms with Crippen LogP contribution in [0.4, 0.5) is 0 Å². The lowest BCUT2D eigenvalue weighted by Gasteiger charge is -2.20. The van der Waals surface area contributed by atoms with Crippen LogP contribution in [-0.4, -0.2) is 23.2 Å². The minimum absolute atomic E-state index is 0.272. The Labute approximate surface area is 114 Å². The van der Waals surface area contributed by atoms with Gasteiger partial charge in [0.1, 0.15) is 11.3 Å². The second-order valence-electron chi connectivity index (χ2n) is 5.50. The van der Waals surface area contributed by atoms with Crippen LogP contribution in [0.3, 0.4) is 0 Å². The van der Waals surface area contributed by atoms with Gasteiger partial charge in [-0.05, 0) is 37.0 Å². The summed E-state index contributed by atoms with van der Waals surface area (Å²) < 4.78 is 5.67. The van der Waals surface area contributed by atoms with Gasteiger partial charge in [-0.2, -0.15) is 0 Å². The highest BCUT2D eigenvalue weighted by Gasteiger charge is 2.27. The zero-order chi connectivity index (χ0) is 14.6. The highest BCUT2D eigenvalue weighted by atomic mass is 16.5. The number of hydrogen-bond acceptors (Lipinski definition) is 3. The average Bonchev–Trinajstić information content (AvgIpc) is 2.30. The van der Waals surface area contributed by atoms with E-state index < -0.39 is 11.5 Å².